The molecule has 1 N–H and O–H groups in total. The van der Waals surface area contributed by atoms with Crippen molar-refractivity contribution in [1.29, 1.82) is 0 Å². The van der Waals surface area contributed by atoms with Gasteiger partial charge in [0.05, 0.1) is 31.5 Å². The van der Waals surface area contributed by atoms with E-state index >= 15 is 0 Å². The van der Waals surface area contributed by atoms with Crippen molar-refractivity contribution >= 4 is 11.9 Å². The number of piperidine rings is 1. The Morgan fingerprint density at radius 3 is 2.35 bits per heavy atom. The molecule has 1 unspecified atom stereocenters. The number of phenols is 1. The Labute approximate surface area is 141 Å². The summed E-state index contributed by atoms with van der Waals surface area (Å²) in [5, 5.41) is 9.37. The molecule has 4 rings (SSSR count). The van der Waals surface area contributed by atoms with Crippen LogP contribution in [0.15, 0.2) is 29.2 Å². The van der Waals surface area contributed by atoms with E-state index in [1.165, 1.54) is 4.90 Å². The third kappa shape index (κ3) is 3.23. The summed E-state index contributed by atoms with van der Waals surface area (Å²) >= 11 is 1.78. The van der Waals surface area contributed by atoms with Crippen LogP contribution in [0.1, 0.15) is 12.8 Å². The molecule has 1 atom stereocenters. The lowest BCUT2D eigenvalue weighted by molar-refractivity contribution is -0.235. The van der Waals surface area contributed by atoms with E-state index in [1.54, 1.807) is 24.1 Å². The number of phenolic OH excluding ortho intramolecular Hbond substituents is 1. The van der Waals surface area contributed by atoms with Gasteiger partial charge >= 0.3 is 0 Å². The lowest BCUT2D eigenvalue weighted by Gasteiger charge is -2.57. The van der Waals surface area contributed by atoms with Crippen molar-refractivity contribution in [2.45, 2.75) is 29.4 Å². The summed E-state index contributed by atoms with van der Waals surface area (Å²) < 4.78 is 14.0. The molecule has 0 amide bonds. The van der Waals surface area contributed by atoms with E-state index in [9.17, 15) is 5.11 Å². The summed E-state index contributed by atoms with van der Waals surface area (Å²) in [6.45, 7) is 6.78. The average molecular weight is 336 g/mol. The number of rotatable bonds is 3. The summed E-state index contributed by atoms with van der Waals surface area (Å²) in [7, 11) is 0. The van der Waals surface area contributed by atoms with Crippen molar-refractivity contribution < 1.29 is 14.6 Å². The molecule has 5 nitrogen and oxygen atoms in total. The molecule has 0 saturated carbocycles. The predicted molar refractivity (Wildman–Crippen MR) is 89.6 cm³/mol. The zero-order valence-electron chi connectivity index (χ0n) is 13.3. The van der Waals surface area contributed by atoms with E-state index in [4.69, 9.17) is 9.47 Å². The lowest BCUT2D eigenvalue weighted by atomic mass is 9.79. The van der Waals surface area contributed by atoms with Gasteiger partial charge in [-0.2, -0.15) is 0 Å². The number of morpholine rings is 1. The molecule has 6 heteroatoms. The van der Waals surface area contributed by atoms with Gasteiger partial charge in [0.25, 0.3) is 0 Å². The molecule has 1 aromatic carbocycles. The minimum atomic E-state index is 0.0728. The second-order valence-corrected chi connectivity index (χ2v) is 7.72. The van der Waals surface area contributed by atoms with Crippen LogP contribution in [0.4, 0.5) is 0 Å². The van der Waals surface area contributed by atoms with E-state index in [1.807, 2.05) is 12.1 Å². The Kier molecular flexibility index (Phi) is 4.52. The highest BCUT2D eigenvalue weighted by molar-refractivity contribution is 7.97. The van der Waals surface area contributed by atoms with Gasteiger partial charge in [-0.3, -0.25) is 4.90 Å². The van der Waals surface area contributed by atoms with Crippen molar-refractivity contribution in [3.8, 4) is 5.75 Å². The standard InChI is InChI=1S/C17H24N2O3S/c20-14-1-3-15(4-2-14)23-19-7-5-17(6-8-19)16(13-22-17)18-9-11-21-12-10-18/h1-4,16,20H,5-13H2. The maximum Gasteiger partial charge on any atom is 0.115 e. The van der Waals surface area contributed by atoms with Crippen molar-refractivity contribution in [2.24, 2.45) is 0 Å². The minimum absolute atomic E-state index is 0.0728. The molecule has 23 heavy (non-hydrogen) atoms. The van der Waals surface area contributed by atoms with Gasteiger partial charge in [-0.05, 0) is 49.1 Å². The van der Waals surface area contributed by atoms with Gasteiger partial charge in [-0.25, -0.2) is 4.31 Å². The molecule has 0 aliphatic carbocycles. The van der Waals surface area contributed by atoms with E-state index in [0.717, 1.165) is 58.8 Å². The Morgan fingerprint density at radius 2 is 1.74 bits per heavy atom. The summed E-state index contributed by atoms with van der Waals surface area (Å²) in [5.74, 6) is 0.322. The molecular formula is C17H24N2O3S. The Balaban J connectivity index is 1.32. The fourth-order valence-electron chi connectivity index (χ4n) is 3.81. The van der Waals surface area contributed by atoms with E-state index < -0.39 is 0 Å². The average Bonchev–Trinajstić information content (AvgIpc) is 2.58. The van der Waals surface area contributed by atoms with Crippen LogP contribution < -0.4 is 0 Å². The smallest absolute Gasteiger partial charge is 0.115 e. The topological polar surface area (TPSA) is 45.2 Å². The normalized spacial score (nSPS) is 28.6. The predicted octanol–water partition coefficient (Wildman–Crippen LogP) is 1.96. The van der Waals surface area contributed by atoms with E-state index in [-0.39, 0.29) is 5.60 Å². The van der Waals surface area contributed by atoms with Gasteiger partial charge < -0.3 is 14.6 Å². The molecule has 0 aromatic heterocycles. The van der Waals surface area contributed by atoms with Crippen LogP contribution in [-0.2, 0) is 9.47 Å². The van der Waals surface area contributed by atoms with Crippen LogP contribution in [0.25, 0.3) is 0 Å². The molecular weight excluding hydrogens is 312 g/mol. The fourth-order valence-corrected chi connectivity index (χ4v) is 4.73. The van der Waals surface area contributed by atoms with Gasteiger partial charge in [0, 0.05) is 31.1 Å². The Hall–Kier alpha value is -0.790. The molecule has 3 aliphatic heterocycles. The van der Waals surface area contributed by atoms with Crippen LogP contribution in [0, 0.1) is 0 Å². The van der Waals surface area contributed by atoms with Gasteiger partial charge in [-0.15, -0.1) is 0 Å². The SMILES string of the molecule is Oc1ccc(SN2CCC3(CC2)OCC3N2CCOCC2)cc1. The van der Waals surface area contributed by atoms with Gasteiger partial charge in [-0.1, -0.05) is 0 Å². The Morgan fingerprint density at radius 1 is 1.04 bits per heavy atom. The zero-order valence-corrected chi connectivity index (χ0v) is 14.1. The minimum Gasteiger partial charge on any atom is -0.508 e. The quantitative estimate of drug-likeness (QED) is 0.852. The van der Waals surface area contributed by atoms with Gasteiger partial charge in [0.15, 0.2) is 0 Å². The number of hydrogen-bond acceptors (Lipinski definition) is 6. The molecule has 3 aliphatic rings. The van der Waals surface area contributed by atoms with Crippen LogP contribution >= 0.6 is 11.9 Å². The third-order valence-electron chi connectivity index (χ3n) is 5.26. The highest BCUT2D eigenvalue weighted by Gasteiger charge is 2.52. The van der Waals surface area contributed by atoms with E-state index in [0.29, 0.717) is 11.8 Å². The monoisotopic (exact) mass is 336 g/mol. The van der Waals surface area contributed by atoms with Crippen molar-refractivity contribution in [3.63, 3.8) is 0 Å². The summed E-state index contributed by atoms with van der Waals surface area (Å²) in [6, 6.07) is 8.02. The van der Waals surface area contributed by atoms with Crippen molar-refractivity contribution in [3.05, 3.63) is 24.3 Å². The number of ether oxygens (including phenoxy) is 2. The van der Waals surface area contributed by atoms with Crippen LogP contribution in [0.3, 0.4) is 0 Å². The molecule has 3 heterocycles. The highest BCUT2D eigenvalue weighted by atomic mass is 32.2. The number of benzene rings is 1. The fraction of sp³-hybridized carbons (Fsp3) is 0.647. The molecule has 0 radical (unpaired) electrons. The van der Waals surface area contributed by atoms with Gasteiger partial charge in [0.2, 0.25) is 0 Å². The van der Waals surface area contributed by atoms with E-state index in [2.05, 4.69) is 9.21 Å². The first-order chi connectivity index (χ1) is 11.3. The van der Waals surface area contributed by atoms with Crippen LogP contribution in [0.5, 0.6) is 5.75 Å². The largest absolute Gasteiger partial charge is 0.508 e. The first-order valence-corrected chi connectivity index (χ1v) is 9.20. The second-order valence-electron chi connectivity index (χ2n) is 6.55. The first-order valence-electron chi connectivity index (χ1n) is 8.43. The molecule has 0 bridgehead atoms. The molecule has 3 fully saturated rings. The third-order valence-corrected chi connectivity index (χ3v) is 6.37. The number of hydrogen-bond donors (Lipinski definition) is 1. The summed E-state index contributed by atoms with van der Waals surface area (Å²) in [6.07, 6.45) is 2.19. The second kappa shape index (κ2) is 6.61. The molecule has 126 valence electrons. The van der Waals surface area contributed by atoms with Crippen LogP contribution in [-0.4, -0.2) is 72.0 Å². The first kappa shape index (κ1) is 15.7. The lowest BCUT2D eigenvalue weighted by Crippen LogP contribution is -2.69. The summed E-state index contributed by atoms with van der Waals surface area (Å²) in [4.78, 5) is 3.74. The zero-order chi connectivity index (χ0) is 15.7. The number of nitrogens with zero attached hydrogens (tertiary/aromatic N) is 2. The van der Waals surface area contributed by atoms with Gasteiger partial charge in [0.1, 0.15) is 5.75 Å². The van der Waals surface area contributed by atoms with Crippen molar-refractivity contribution in [1.82, 2.24) is 9.21 Å². The Bertz CT molecular complexity index is 525. The molecule has 1 aromatic rings. The summed E-state index contributed by atoms with van der Waals surface area (Å²) in [5.41, 5.74) is 0.0728. The number of aromatic hydroxyl groups is 1. The maximum absolute atomic E-state index is 9.37. The van der Waals surface area contributed by atoms with Crippen LogP contribution in [0.2, 0.25) is 0 Å². The highest BCUT2D eigenvalue weighted by Crippen LogP contribution is 2.42. The molecule has 1 spiro atoms. The van der Waals surface area contributed by atoms with Crippen molar-refractivity contribution in [2.75, 3.05) is 46.0 Å². The maximum atomic E-state index is 9.37. The molecule has 3 saturated heterocycles.